The Morgan fingerprint density at radius 2 is 2.17 bits per heavy atom. The highest BCUT2D eigenvalue weighted by atomic mass is 35.5. The molecule has 0 unspecified atom stereocenters. The van der Waals surface area contributed by atoms with E-state index < -0.39 is 0 Å². The van der Waals surface area contributed by atoms with Gasteiger partial charge in [0, 0.05) is 11.4 Å². The fourth-order valence-electron chi connectivity index (χ4n) is 1.50. The van der Waals surface area contributed by atoms with Crippen LogP contribution in [0.3, 0.4) is 0 Å². The molecule has 1 amide bonds. The van der Waals surface area contributed by atoms with Crippen molar-refractivity contribution < 1.29 is 4.79 Å². The first-order chi connectivity index (χ1) is 8.54. The van der Waals surface area contributed by atoms with Gasteiger partial charge in [0.2, 0.25) is 0 Å². The molecule has 0 bridgehead atoms. The molecule has 0 fully saturated rings. The van der Waals surface area contributed by atoms with E-state index in [1.165, 1.54) is 0 Å². The average Bonchev–Trinajstić information content (AvgIpc) is 2.34. The van der Waals surface area contributed by atoms with Crippen LogP contribution in [0.2, 0.25) is 5.02 Å². The van der Waals surface area contributed by atoms with Crippen molar-refractivity contribution in [2.75, 3.05) is 33.4 Å². The van der Waals surface area contributed by atoms with Gasteiger partial charge in [-0.25, -0.2) is 0 Å². The molecule has 0 aromatic heterocycles. The highest BCUT2D eigenvalue weighted by Gasteiger charge is 2.10. The van der Waals surface area contributed by atoms with E-state index in [1.807, 2.05) is 32.5 Å². The maximum Gasteiger partial charge on any atom is 0.252 e. The third-order valence-electron chi connectivity index (χ3n) is 2.49. The van der Waals surface area contributed by atoms with Crippen LogP contribution in [0.1, 0.15) is 16.8 Å². The van der Waals surface area contributed by atoms with Crippen LogP contribution in [0.4, 0.5) is 0 Å². The van der Waals surface area contributed by atoms with E-state index in [2.05, 4.69) is 10.2 Å². The SMILES string of the molecule is CSc1ccc(Cl)c(C(=O)NCCCN(C)C)c1. The number of hydrogen-bond donors (Lipinski definition) is 1. The lowest BCUT2D eigenvalue weighted by Gasteiger charge is -2.11. The van der Waals surface area contributed by atoms with Gasteiger partial charge in [-0.2, -0.15) is 0 Å². The Balaban J connectivity index is 2.55. The van der Waals surface area contributed by atoms with Crippen LogP contribution in [-0.2, 0) is 0 Å². The molecular weight excluding hydrogens is 268 g/mol. The maximum atomic E-state index is 12.0. The number of thioether (sulfide) groups is 1. The first-order valence-electron chi connectivity index (χ1n) is 5.81. The summed E-state index contributed by atoms with van der Waals surface area (Å²) in [6, 6.07) is 5.51. The highest BCUT2D eigenvalue weighted by Crippen LogP contribution is 2.22. The van der Waals surface area contributed by atoms with E-state index in [0.717, 1.165) is 17.9 Å². The number of amides is 1. The number of nitrogens with zero attached hydrogens (tertiary/aromatic N) is 1. The zero-order valence-corrected chi connectivity index (χ0v) is 12.6. The number of nitrogens with one attached hydrogen (secondary N) is 1. The predicted molar refractivity (Wildman–Crippen MR) is 78.7 cm³/mol. The zero-order valence-electron chi connectivity index (χ0n) is 11.0. The van der Waals surface area contributed by atoms with Crippen molar-refractivity contribution in [3.8, 4) is 0 Å². The Bertz CT molecular complexity index is 410. The molecule has 18 heavy (non-hydrogen) atoms. The monoisotopic (exact) mass is 286 g/mol. The van der Waals surface area contributed by atoms with Gasteiger partial charge >= 0.3 is 0 Å². The molecule has 100 valence electrons. The second kappa shape index (κ2) is 7.67. The van der Waals surface area contributed by atoms with Crippen molar-refractivity contribution in [1.29, 1.82) is 0 Å². The molecule has 1 rings (SSSR count). The fraction of sp³-hybridized carbons (Fsp3) is 0.462. The lowest BCUT2D eigenvalue weighted by atomic mass is 10.2. The number of carbonyl (C=O) groups is 1. The van der Waals surface area contributed by atoms with Crippen LogP contribution in [0, 0.1) is 0 Å². The summed E-state index contributed by atoms with van der Waals surface area (Å²) in [6.45, 7) is 1.62. The van der Waals surface area contributed by atoms with Gasteiger partial charge in [0.25, 0.3) is 5.91 Å². The Kier molecular flexibility index (Phi) is 6.54. The van der Waals surface area contributed by atoms with Crippen molar-refractivity contribution in [2.24, 2.45) is 0 Å². The van der Waals surface area contributed by atoms with E-state index in [4.69, 9.17) is 11.6 Å². The molecule has 0 aliphatic rings. The fourth-order valence-corrected chi connectivity index (χ4v) is 2.14. The van der Waals surface area contributed by atoms with Gasteiger partial charge in [-0.05, 0) is 51.5 Å². The van der Waals surface area contributed by atoms with Gasteiger partial charge in [0.05, 0.1) is 10.6 Å². The van der Waals surface area contributed by atoms with E-state index in [9.17, 15) is 4.79 Å². The molecule has 0 heterocycles. The molecule has 0 saturated carbocycles. The van der Waals surface area contributed by atoms with Crippen LogP contribution in [0.25, 0.3) is 0 Å². The summed E-state index contributed by atoms with van der Waals surface area (Å²) in [7, 11) is 4.03. The quantitative estimate of drug-likeness (QED) is 0.645. The summed E-state index contributed by atoms with van der Waals surface area (Å²) in [4.78, 5) is 15.1. The van der Waals surface area contributed by atoms with E-state index in [1.54, 1.807) is 17.8 Å². The molecule has 0 aliphatic carbocycles. The first kappa shape index (κ1) is 15.3. The summed E-state index contributed by atoms with van der Waals surface area (Å²) in [5.74, 6) is -0.102. The van der Waals surface area contributed by atoms with Crippen molar-refractivity contribution in [3.63, 3.8) is 0 Å². The van der Waals surface area contributed by atoms with Gasteiger partial charge in [0.15, 0.2) is 0 Å². The minimum Gasteiger partial charge on any atom is -0.352 e. The highest BCUT2D eigenvalue weighted by molar-refractivity contribution is 7.98. The lowest BCUT2D eigenvalue weighted by molar-refractivity contribution is 0.0952. The molecule has 0 radical (unpaired) electrons. The molecule has 1 aromatic carbocycles. The second-order valence-corrected chi connectivity index (χ2v) is 5.55. The second-order valence-electron chi connectivity index (χ2n) is 4.26. The summed E-state index contributed by atoms with van der Waals surface area (Å²) in [5, 5.41) is 3.39. The Morgan fingerprint density at radius 3 is 2.78 bits per heavy atom. The van der Waals surface area contributed by atoms with Gasteiger partial charge in [0.1, 0.15) is 0 Å². The summed E-state index contributed by atoms with van der Waals surface area (Å²) in [5.41, 5.74) is 0.549. The Morgan fingerprint density at radius 1 is 1.44 bits per heavy atom. The van der Waals surface area contributed by atoms with Gasteiger partial charge in [-0.15, -0.1) is 11.8 Å². The normalized spacial score (nSPS) is 10.7. The van der Waals surface area contributed by atoms with Crippen LogP contribution >= 0.6 is 23.4 Å². The van der Waals surface area contributed by atoms with Gasteiger partial charge < -0.3 is 10.2 Å². The van der Waals surface area contributed by atoms with Crippen molar-refractivity contribution in [1.82, 2.24) is 10.2 Å². The minimum absolute atomic E-state index is 0.102. The molecule has 1 N–H and O–H groups in total. The molecule has 1 aromatic rings. The van der Waals surface area contributed by atoms with Crippen LogP contribution in [-0.4, -0.2) is 44.2 Å². The van der Waals surface area contributed by atoms with Crippen LogP contribution in [0.15, 0.2) is 23.1 Å². The lowest BCUT2D eigenvalue weighted by Crippen LogP contribution is -2.27. The van der Waals surface area contributed by atoms with E-state index in [0.29, 0.717) is 17.1 Å². The Labute approximate surface area is 118 Å². The van der Waals surface area contributed by atoms with Crippen molar-refractivity contribution in [2.45, 2.75) is 11.3 Å². The topological polar surface area (TPSA) is 32.3 Å². The average molecular weight is 287 g/mol. The van der Waals surface area contributed by atoms with Gasteiger partial charge in [-0.3, -0.25) is 4.79 Å². The first-order valence-corrected chi connectivity index (χ1v) is 7.41. The number of carbonyl (C=O) groups excluding carboxylic acids is 1. The number of halogens is 1. The molecule has 0 atom stereocenters. The third kappa shape index (κ3) is 4.88. The largest absolute Gasteiger partial charge is 0.352 e. The molecule has 5 heteroatoms. The van der Waals surface area contributed by atoms with Crippen LogP contribution < -0.4 is 5.32 Å². The Hall–Kier alpha value is -0.710. The molecule has 0 spiro atoms. The minimum atomic E-state index is -0.102. The standard InChI is InChI=1S/C13H19ClN2OS/c1-16(2)8-4-7-15-13(17)11-9-10(18-3)5-6-12(11)14/h5-6,9H,4,7-8H2,1-3H3,(H,15,17). The van der Waals surface area contributed by atoms with Crippen molar-refractivity contribution in [3.05, 3.63) is 28.8 Å². The number of benzene rings is 1. The summed E-state index contributed by atoms with van der Waals surface area (Å²) >= 11 is 7.63. The third-order valence-corrected chi connectivity index (χ3v) is 3.54. The smallest absolute Gasteiger partial charge is 0.252 e. The number of rotatable bonds is 6. The predicted octanol–water partition coefficient (Wildman–Crippen LogP) is 2.74. The number of hydrogen-bond acceptors (Lipinski definition) is 3. The van der Waals surface area contributed by atoms with E-state index >= 15 is 0 Å². The van der Waals surface area contributed by atoms with Crippen molar-refractivity contribution >= 4 is 29.3 Å². The zero-order chi connectivity index (χ0) is 13.5. The molecule has 0 saturated heterocycles. The van der Waals surface area contributed by atoms with Gasteiger partial charge in [-0.1, -0.05) is 11.6 Å². The summed E-state index contributed by atoms with van der Waals surface area (Å²) in [6.07, 6.45) is 2.90. The molecule has 0 aliphatic heterocycles. The maximum absolute atomic E-state index is 12.0. The van der Waals surface area contributed by atoms with Crippen LogP contribution in [0.5, 0.6) is 0 Å². The molecule has 3 nitrogen and oxygen atoms in total. The summed E-state index contributed by atoms with van der Waals surface area (Å²) < 4.78 is 0. The van der Waals surface area contributed by atoms with E-state index in [-0.39, 0.29) is 5.91 Å². The molecular formula is C13H19ClN2OS.